The highest BCUT2D eigenvalue weighted by Gasteiger charge is 2.20. The van der Waals surface area contributed by atoms with Crippen LogP contribution in [0.4, 0.5) is 0 Å². The molecule has 1 unspecified atom stereocenters. The van der Waals surface area contributed by atoms with Gasteiger partial charge >= 0.3 is 5.66 Å². The molecule has 40 valence electrons. The fraction of sp³-hybridized carbons (Fsp3) is 0.750. The van der Waals surface area contributed by atoms with Gasteiger partial charge in [-0.25, -0.2) is 6.57 Å². The summed E-state index contributed by atoms with van der Waals surface area (Å²) in [5, 5.41) is 8.26. The predicted molar refractivity (Wildman–Crippen MR) is 26.3 cm³/mol. The lowest BCUT2D eigenvalue weighted by Crippen LogP contribution is -2.35. The molecule has 0 saturated carbocycles. The second-order valence-electron chi connectivity index (χ2n) is 1.63. The summed E-state index contributed by atoms with van der Waals surface area (Å²) in [5.41, 5.74) is 4.04. The number of aliphatic hydroxyl groups excluding tert-OH is 1. The Morgan fingerprint density at radius 1 is 2.00 bits per heavy atom. The third-order valence-electron chi connectivity index (χ3n) is 0.576. The van der Waals surface area contributed by atoms with Gasteiger partial charge in [0.05, 0.1) is 0 Å². The Balaban J connectivity index is 3.66. The Kier molecular flexibility index (Phi) is 1.75. The highest BCUT2D eigenvalue weighted by Crippen LogP contribution is 1.95. The van der Waals surface area contributed by atoms with E-state index in [4.69, 9.17) is 17.4 Å². The topological polar surface area (TPSA) is 50.6 Å². The smallest absolute Gasteiger partial charge is 0.303 e. The van der Waals surface area contributed by atoms with Gasteiger partial charge in [0.1, 0.15) is 6.61 Å². The molecule has 7 heavy (non-hydrogen) atoms. The van der Waals surface area contributed by atoms with Gasteiger partial charge in [-0.1, -0.05) is 0 Å². The van der Waals surface area contributed by atoms with Crippen molar-refractivity contribution in [2.75, 3.05) is 6.61 Å². The van der Waals surface area contributed by atoms with Crippen LogP contribution >= 0.6 is 0 Å². The van der Waals surface area contributed by atoms with Crippen LogP contribution in [0.3, 0.4) is 0 Å². The number of hydrogen-bond acceptors (Lipinski definition) is 2. The van der Waals surface area contributed by atoms with Crippen LogP contribution in [0.2, 0.25) is 0 Å². The van der Waals surface area contributed by atoms with E-state index in [9.17, 15) is 0 Å². The lowest BCUT2D eigenvalue weighted by atomic mass is 10.3. The zero-order valence-corrected chi connectivity index (χ0v) is 4.18. The number of hydrogen-bond donors (Lipinski definition) is 2. The van der Waals surface area contributed by atoms with Gasteiger partial charge in [-0.05, 0) is 0 Å². The maximum atomic E-state index is 8.26. The third kappa shape index (κ3) is 2.15. The molecule has 3 heteroatoms. The van der Waals surface area contributed by atoms with E-state index in [1.54, 1.807) is 0 Å². The molecule has 3 nitrogen and oxygen atoms in total. The largest absolute Gasteiger partial charge is 0.386 e. The summed E-state index contributed by atoms with van der Waals surface area (Å²) in [4.78, 5) is 2.92. The van der Waals surface area contributed by atoms with Crippen LogP contribution in [0.1, 0.15) is 6.92 Å². The van der Waals surface area contributed by atoms with Gasteiger partial charge in [-0.15, -0.1) is 0 Å². The van der Waals surface area contributed by atoms with Crippen LogP contribution in [-0.4, -0.2) is 17.4 Å². The van der Waals surface area contributed by atoms with Gasteiger partial charge in [-0.2, -0.15) is 0 Å². The number of nitrogens with zero attached hydrogens (tertiary/aromatic N) is 1. The van der Waals surface area contributed by atoms with Gasteiger partial charge in [-0.3, -0.25) is 10.6 Å². The monoisotopic (exact) mass is 100 g/mol. The fourth-order valence-electron chi connectivity index (χ4n) is 0.0354. The van der Waals surface area contributed by atoms with E-state index in [0.717, 1.165) is 0 Å². The Labute approximate surface area is 42.6 Å². The molecule has 0 radical (unpaired) electrons. The van der Waals surface area contributed by atoms with Gasteiger partial charge < -0.3 is 5.11 Å². The van der Waals surface area contributed by atoms with Crippen molar-refractivity contribution in [3.8, 4) is 0 Å². The van der Waals surface area contributed by atoms with Crippen molar-refractivity contribution in [1.29, 1.82) is 0 Å². The summed E-state index contributed by atoms with van der Waals surface area (Å²) in [7, 11) is 0. The first-order valence-corrected chi connectivity index (χ1v) is 1.91. The molecule has 0 bridgehead atoms. The molecule has 0 rings (SSSR count). The molecule has 0 aromatic carbocycles. The van der Waals surface area contributed by atoms with E-state index in [-0.39, 0.29) is 6.61 Å². The van der Waals surface area contributed by atoms with Gasteiger partial charge in [0.15, 0.2) is 0 Å². The minimum atomic E-state index is -1.07. The van der Waals surface area contributed by atoms with Crippen molar-refractivity contribution in [2.45, 2.75) is 12.6 Å². The Morgan fingerprint density at radius 3 is 2.43 bits per heavy atom. The molecule has 0 spiro atoms. The molecule has 0 aromatic heterocycles. The van der Waals surface area contributed by atoms with Crippen molar-refractivity contribution in [1.82, 2.24) is 0 Å². The highest BCUT2D eigenvalue weighted by atomic mass is 16.3. The predicted octanol–water partition coefficient (Wildman–Crippen LogP) is -0.427. The lowest BCUT2D eigenvalue weighted by molar-refractivity contribution is 0.237. The quantitative estimate of drug-likeness (QED) is 0.439. The zero-order chi connectivity index (χ0) is 5.91. The molecule has 3 N–H and O–H groups in total. The second-order valence-corrected chi connectivity index (χ2v) is 1.63. The SMILES string of the molecule is [C-]#[N+]C(C)(N)CO. The average molecular weight is 100 g/mol. The van der Waals surface area contributed by atoms with E-state index in [1.807, 2.05) is 0 Å². The first kappa shape index (κ1) is 6.41. The molecular formula is C4H8N2O. The number of nitrogens with two attached hydrogens (primary N) is 1. The Bertz CT molecular complexity index is 92.4. The molecule has 0 aliphatic carbocycles. The normalized spacial score (nSPS) is 17.4. The van der Waals surface area contributed by atoms with Gasteiger partial charge in [0.2, 0.25) is 0 Å². The zero-order valence-electron chi connectivity index (χ0n) is 4.18. The minimum absolute atomic E-state index is 0.281. The van der Waals surface area contributed by atoms with Crippen molar-refractivity contribution < 1.29 is 5.11 Å². The average Bonchev–Trinajstić information content (AvgIpc) is 1.68. The second kappa shape index (κ2) is 1.92. The molecule has 0 saturated heterocycles. The summed E-state index contributed by atoms with van der Waals surface area (Å²) < 4.78 is 0. The molecule has 0 aliphatic heterocycles. The van der Waals surface area contributed by atoms with Crippen LogP contribution in [0.25, 0.3) is 4.85 Å². The first-order chi connectivity index (χ1) is 3.12. The molecular weight excluding hydrogens is 92.1 g/mol. The standard InChI is InChI=1S/C4H8N2O/c1-4(5,3-7)6-2/h7H,3,5H2,1H3. The van der Waals surface area contributed by atoms with Crippen LogP contribution < -0.4 is 5.73 Å². The lowest BCUT2D eigenvalue weighted by Gasteiger charge is -2.03. The summed E-state index contributed by atoms with van der Waals surface area (Å²) in [6, 6.07) is 0. The van der Waals surface area contributed by atoms with Crippen molar-refractivity contribution in [3.63, 3.8) is 0 Å². The van der Waals surface area contributed by atoms with Crippen LogP contribution in [0.15, 0.2) is 0 Å². The summed E-state index contributed by atoms with van der Waals surface area (Å²) in [6.45, 7) is 7.54. The Morgan fingerprint density at radius 2 is 2.43 bits per heavy atom. The third-order valence-corrected chi connectivity index (χ3v) is 0.576. The van der Waals surface area contributed by atoms with Gasteiger partial charge in [0.25, 0.3) is 0 Å². The molecule has 0 amide bonds. The minimum Gasteiger partial charge on any atom is -0.386 e. The molecule has 0 aromatic rings. The van der Waals surface area contributed by atoms with Crippen LogP contribution in [0.5, 0.6) is 0 Å². The van der Waals surface area contributed by atoms with E-state index in [2.05, 4.69) is 4.85 Å². The van der Waals surface area contributed by atoms with Crippen molar-refractivity contribution in [2.24, 2.45) is 5.73 Å². The first-order valence-electron chi connectivity index (χ1n) is 1.91. The van der Waals surface area contributed by atoms with Crippen molar-refractivity contribution >= 4 is 0 Å². The van der Waals surface area contributed by atoms with E-state index < -0.39 is 5.66 Å². The molecule has 0 aliphatic rings. The van der Waals surface area contributed by atoms with Crippen molar-refractivity contribution in [3.05, 3.63) is 11.4 Å². The van der Waals surface area contributed by atoms with E-state index >= 15 is 0 Å². The summed E-state index contributed by atoms with van der Waals surface area (Å²) in [5.74, 6) is 0. The molecule has 0 heterocycles. The van der Waals surface area contributed by atoms with E-state index in [1.165, 1.54) is 6.92 Å². The molecule has 0 fully saturated rings. The number of rotatable bonds is 1. The Hall–Kier alpha value is -0.590. The van der Waals surface area contributed by atoms with Crippen LogP contribution in [-0.2, 0) is 0 Å². The fourth-order valence-corrected chi connectivity index (χ4v) is 0.0354. The summed E-state index contributed by atoms with van der Waals surface area (Å²) >= 11 is 0. The van der Waals surface area contributed by atoms with E-state index in [0.29, 0.717) is 0 Å². The maximum Gasteiger partial charge on any atom is 0.303 e. The summed E-state index contributed by atoms with van der Waals surface area (Å²) in [6.07, 6.45) is 0. The maximum absolute atomic E-state index is 8.26. The highest BCUT2D eigenvalue weighted by molar-refractivity contribution is 4.86. The van der Waals surface area contributed by atoms with Crippen LogP contribution in [0, 0.1) is 6.57 Å². The van der Waals surface area contributed by atoms with Gasteiger partial charge in [0, 0.05) is 6.92 Å². The molecule has 1 atom stereocenters. The number of aliphatic hydroxyl groups is 1.